The number of nitrogens with one attached hydrogen (secondary N) is 2. The number of rotatable bonds is 8. The number of anilines is 1. The fourth-order valence-corrected chi connectivity index (χ4v) is 2.60. The third kappa shape index (κ3) is 9.66. The number of carbonyl (C=O) groups excluding carboxylic acids is 1. The molecule has 10 heteroatoms. The van der Waals surface area contributed by atoms with Gasteiger partial charge in [-0.25, -0.2) is 14.6 Å². The van der Waals surface area contributed by atoms with Gasteiger partial charge in [0.1, 0.15) is 11.9 Å². The Morgan fingerprint density at radius 1 is 1.30 bits per heavy atom. The van der Waals surface area contributed by atoms with Gasteiger partial charge in [-0.15, -0.1) is 0 Å². The van der Waals surface area contributed by atoms with E-state index < -0.39 is 11.9 Å². The molecular weight excluding hydrogens is 390 g/mol. The van der Waals surface area contributed by atoms with Gasteiger partial charge in [0.15, 0.2) is 0 Å². The van der Waals surface area contributed by atoms with E-state index in [4.69, 9.17) is 15.5 Å². The minimum absolute atomic E-state index is 0.00467. The van der Waals surface area contributed by atoms with Crippen molar-refractivity contribution in [2.45, 2.75) is 38.3 Å². The number of aromatic nitrogens is 1. The molecule has 0 aliphatic carbocycles. The molecule has 1 amide bonds. The van der Waals surface area contributed by atoms with E-state index in [1.807, 2.05) is 32.0 Å². The van der Waals surface area contributed by atoms with Crippen LogP contribution >= 0.6 is 0 Å². The minimum Gasteiger partial charge on any atom is -0.478 e. The molecule has 1 aliphatic rings. The van der Waals surface area contributed by atoms with Crippen LogP contribution in [0.4, 0.5) is 5.82 Å². The molecule has 0 aromatic carbocycles. The lowest BCUT2D eigenvalue weighted by Crippen LogP contribution is -2.50. The van der Waals surface area contributed by atoms with E-state index in [2.05, 4.69) is 21.7 Å². The van der Waals surface area contributed by atoms with Gasteiger partial charge >= 0.3 is 11.9 Å². The highest BCUT2D eigenvalue weighted by atomic mass is 16.4. The number of hydrogen-bond acceptors (Lipinski definition) is 7. The summed E-state index contributed by atoms with van der Waals surface area (Å²) in [6.07, 6.45) is 4.55. The molecule has 2 heterocycles. The van der Waals surface area contributed by atoms with Crippen LogP contribution < -0.4 is 10.6 Å². The summed E-state index contributed by atoms with van der Waals surface area (Å²) in [5.74, 6) is -1.71. The van der Waals surface area contributed by atoms with Crippen LogP contribution in [0.3, 0.4) is 0 Å². The molecular formula is C20H27N5O5. The third-order valence-electron chi connectivity index (χ3n) is 4.19. The molecule has 1 atom stereocenters. The zero-order valence-electron chi connectivity index (χ0n) is 17.0. The normalized spacial score (nSPS) is 15.8. The van der Waals surface area contributed by atoms with E-state index in [-0.39, 0.29) is 24.0 Å². The number of carboxylic acids is 2. The lowest BCUT2D eigenvalue weighted by molar-refractivity contribution is -0.134. The first-order valence-electron chi connectivity index (χ1n) is 9.37. The van der Waals surface area contributed by atoms with Crippen LogP contribution in [0.5, 0.6) is 0 Å². The average molecular weight is 417 g/mol. The van der Waals surface area contributed by atoms with Gasteiger partial charge in [-0.2, -0.15) is 5.26 Å². The molecule has 1 aromatic heterocycles. The number of carboxylic acid groups (broad SMARTS) is 2. The first kappa shape index (κ1) is 24.6. The van der Waals surface area contributed by atoms with Crippen molar-refractivity contribution in [1.29, 1.82) is 5.26 Å². The van der Waals surface area contributed by atoms with Crippen molar-refractivity contribution in [2.75, 3.05) is 25.0 Å². The summed E-state index contributed by atoms with van der Waals surface area (Å²) in [6, 6.07) is 7.64. The van der Waals surface area contributed by atoms with Crippen LogP contribution in [0.2, 0.25) is 0 Å². The van der Waals surface area contributed by atoms with Gasteiger partial charge in [0, 0.05) is 37.0 Å². The fourth-order valence-electron chi connectivity index (χ4n) is 2.60. The topological polar surface area (TPSA) is 156 Å². The molecule has 10 nitrogen and oxygen atoms in total. The quantitative estimate of drug-likeness (QED) is 0.455. The predicted octanol–water partition coefficient (Wildman–Crippen LogP) is 1.09. The second-order valence-corrected chi connectivity index (χ2v) is 7.19. The first-order valence-corrected chi connectivity index (χ1v) is 9.37. The largest absolute Gasteiger partial charge is 0.478 e. The van der Waals surface area contributed by atoms with Crippen molar-refractivity contribution >= 4 is 23.7 Å². The zero-order valence-corrected chi connectivity index (χ0v) is 17.0. The van der Waals surface area contributed by atoms with Crippen LogP contribution in [-0.2, 0) is 14.4 Å². The second-order valence-electron chi connectivity index (χ2n) is 7.19. The SMILES string of the molecule is CC(C)(CNc1ccccn1)NCC(=O)N1CCC[C@H]1C#N.O=C(O)/C=C/C(=O)O. The second kappa shape index (κ2) is 12.2. The zero-order chi connectivity index (χ0) is 22.6. The molecule has 162 valence electrons. The van der Waals surface area contributed by atoms with Gasteiger partial charge in [-0.05, 0) is 38.8 Å². The first-order chi connectivity index (χ1) is 14.1. The molecule has 0 unspecified atom stereocenters. The van der Waals surface area contributed by atoms with Crippen LogP contribution in [0, 0.1) is 11.3 Å². The van der Waals surface area contributed by atoms with Crippen LogP contribution in [-0.4, -0.2) is 69.2 Å². The van der Waals surface area contributed by atoms with E-state index in [9.17, 15) is 14.4 Å². The number of amides is 1. The summed E-state index contributed by atoms with van der Waals surface area (Å²) in [5.41, 5.74) is -0.255. The summed E-state index contributed by atoms with van der Waals surface area (Å²) in [5, 5.41) is 31.2. The van der Waals surface area contributed by atoms with Crippen molar-refractivity contribution in [3.63, 3.8) is 0 Å². The fraction of sp³-hybridized carbons (Fsp3) is 0.450. The van der Waals surface area contributed by atoms with Crippen molar-refractivity contribution in [3.05, 3.63) is 36.5 Å². The van der Waals surface area contributed by atoms with E-state index in [0.29, 0.717) is 25.2 Å². The molecule has 2 rings (SSSR count). The Bertz CT molecular complexity index is 773. The smallest absolute Gasteiger partial charge is 0.328 e. The van der Waals surface area contributed by atoms with Gasteiger partial charge in [0.05, 0.1) is 12.6 Å². The monoisotopic (exact) mass is 417 g/mol. The number of carbonyl (C=O) groups is 3. The van der Waals surface area contributed by atoms with Crippen molar-refractivity contribution < 1.29 is 24.6 Å². The summed E-state index contributed by atoms with van der Waals surface area (Å²) in [4.78, 5) is 37.2. The lowest BCUT2D eigenvalue weighted by atomic mass is 10.1. The van der Waals surface area contributed by atoms with E-state index in [1.165, 1.54) is 0 Å². The molecule has 1 fully saturated rings. The Morgan fingerprint density at radius 3 is 2.50 bits per heavy atom. The van der Waals surface area contributed by atoms with Gasteiger partial charge in [-0.3, -0.25) is 4.79 Å². The lowest BCUT2D eigenvalue weighted by Gasteiger charge is -2.28. The van der Waals surface area contributed by atoms with E-state index in [0.717, 1.165) is 18.7 Å². The maximum atomic E-state index is 12.2. The van der Waals surface area contributed by atoms with Gasteiger partial charge in [0.2, 0.25) is 5.91 Å². The van der Waals surface area contributed by atoms with Crippen molar-refractivity contribution in [1.82, 2.24) is 15.2 Å². The van der Waals surface area contributed by atoms with Crippen LogP contribution in [0.15, 0.2) is 36.5 Å². The van der Waals surface area contributed by atoms with Crippen molar-refractivity contribution in [3.8, 4) is 6.07 Å². The molecule has 30 heavy (non-hydrogen) atoms. The maximum absolute atomic E-state index is 12.2. The van der Waals surface area contributed by atoms with Crippen LogP contribution in [0.25, 0.3) is 0 Å². The summed E-state index contributed by atoms with van der Waals surface area (Å²) in [7, 11) is 0. The number of nitrogens with zero attached hydrogens (tertiary/aromatic N) is 3. The van der Waals surface area contributed by atoms with E-state index >= 15 is 0 Å². The number of pyridine rings is 1. The Morgan fingerprint density at radius 2 is 1.97 bits per heavy atom. The Labute approximate surface area is 175 Å². The third-order valence-corrected chi connectivity index (χ3v) is 4.19. The molecule has 1 aromatic rings. The Kier molecular flexibility index (Phi) is 9.99. The Balaban J connectivity index is 0.000000479. The molecule has 0 radical (unpaired) electrons. The molecule has 1 saturated heterocycles. The highest BCUT2D eigenvalue weighted by Crippen LogP contribution is 2.16. The molecule has 1 aliphatic heterocycles. The number of nitriles is 1. The number of likely N-dealkylation sites (tertiary alicyclic amines) is 1. The van der Waals surface area contributed by atoms with Crippen molar-refractivity contribution in [2.24, 2.45) is 0 Å². The van der Waals surface area contributed by atoms with E-state index in [1.54, 1.807) is 11.1 Å². The Hall–Kier alpha value is -3.45. The summed E-state index contributed by atoms with van der Waals surface area (Å²) >= 11 is 0. The number of aliphatic carboxylic acids is 2. The minimum atomic E-state index is -1.26. The molecule has 0 saturated carbocycles. The molecule has 0 bridgehead atoms. The summed E-state index contributed by atoms with van der Waals surface area (Å²) < 4.78 is 0. The number of hydrogen-bond donors (Lipinski definition) is 4. The van der Waals surface area contributed by atoms with Gasteiger partial charge in [-0.1, -0.05) is 6.07 Å². The highest BCUT2D eigenvalue weighted by molar-refractivity contribution is 5.89. The van der Waals surface area contributed by atoms with Gasteiger partial charge < -0.3 is 25.7 Å². The van der Waals surface area contributed by atoms with Crippen LogP contribution in [0.1, 0.15) is 26.7 Å². The summed E-state index contributed by atoms with van der Waals surface area (Å²) in [6.45, 7) is 5.64. The highest BCUT2D eigenvalue weighted by Gasteiger charge is 2.29. The van der Waals surface area contributed by atoms with Gasteiger partial charge in [0.25, 0.3) is 0 Å². The molecule has 4 N–H and O–H groups in total. The predicted molar refractivity (Wildman–Crippen MR) is 110 cm³/mol. The molecule has 0 spiro atoms. The maximum Gasteiger partial charge on any atom is 0.328 e. The average Bonchev–Trinajstić information content (AvgIpc) is 3.19. The standard InChI is InChI=1S/C16H23N5O.C4H4O4/c1-16(2,12-19-14-7-3-4-8-18-14)20-11-15(22)21-9-5-6-13(21)10-17;5-3(6)1-2-4(7)8/h3-4,7-8,13,20H,5-6,9,11-12H2,1-2H3,(H,18,19);1-2H,(H,5,6)(H,7,8)/b;2-1+/t13-;/m0./s1.